The van der Waals surface area contributed by atoms with Crippen molar-refractivity contribution < 1.29 is 13.6 Å². The van der Waals surface area contributed by atoms with Gasteiger partial charge in [-0.25, -0.2) is 8.78 Å². The van der Waals surface area contributed by atoms with Gasteiger partial charge in [0, 0.05) is 25.2 Å². The van der Waals surface area contributed by atoms with E-state index in [1.54, 1.807) is 6.92 Å². The first-order valence-corrected chi connectivity index (χ1v) is 6.85. The van der Waals surface area contributed by atoms with Crippen molar-refractivity contribution in [3.63, 3.8) is 0 Å². The second-order valence-corrected chi connectivity index (χ2v) is 5.49. The highest BCUT2D eigenvalue weighted by atomic mass is 19.3. The van der Waals surface area contributed by atoms with Gasteiger partial charge in [-0.1, -0.05) is 20.3 Å². The Morgan fingerprint density at radius 1 is 1.47 bits per heavy atom. The minimum Gasteiger partial charge on any atom is -0.300 e. The molecule has 0 aliphatic heterocycles. The topological polar surface area (TPSA) is 17.1 Å². The van der Waals surface area contributed by atoms with Gasteiger partial charge < -0.3 is 0 Å². The molecular weight excluding hydrogens is 222 g/mol. The van der Waals surface area contributed by atoms with E-state index >= 15 is 0 Å². The molecule has 0 aromatic heterocycles. The number of hydrogen-bond acceptors (Lipinski definition) is 1. The van der Waals surface area contributed by atoms with Crippen LogP contribution in [0.15, 0.2) is 0 Å². The lowest BCUT2D eigenvalue weighted by Crippen LogP contribution is -2.26. The maximum atomic E-state index is 13.7. The number of hydrogen-bond donors (Lipinski definition) is 0. The van der Waals surface area contributed by atoms with Crippen LogP contribution in [0.4, 0.5) is 8.78 Å². The molecule has 0 aromatic rings. The summed E-state index contributed by atoms with van der Waals surface area (Å²) in [6.45, 7) is 3.58. The van der Waals surface area contributed by atoms with Crippen LogP contribution < -0.4 is 0 Å². The molecule has 0 N–H and O–H groups in total. The molecule has 0 amide bonds. The largest absolute Gasteiger partial charge is 0.300 e. The molecule has 1 fully saturated rings. The maximum Gasteiger partial charge on any atom is 0.250 e. The summed E-state index contributed by atoms with van der Waals surface area (Å²) in [5.74, 6) is -2.41. The summed E-state index contributed by atoms with van der Waals surface area (Å²) in [6.07, 6.45) is 4.95. The Bertz CT molecular complexity index is 251. The van der Waals surface area contributed by atoms with Gasteiger partial charge in [0.1, 0.15) is 5.78 Å². The van der Waals surface area contributed by atoms with Crippen molar-refractivity contribution in [3.8, 4) is 0 Å². The Labute approximate surface area is 103 Å². The van der Waals surface area contributed by atoms with Crippen LogP contribution in [0.1, 0.15) is 65.2 Å². The summed E-state index contributed by atoms with van der Waals surface area (Å²) in [5.41, 5.74) is 0. The standard InChI is InChI=1S/C14H24F2O/c1-3-4-9-14(15,16)11(2)5-6-12-7-8-13(17)10-12/h11-12H,3-10H2,1-2H3. The minimum absolute atomic E-state index is 0.00820. The molecule has 0 aromatic carbocycles. The normalized spacial score (nSPS) is 23.1. The quantitative estimate of drug-likeness (QED) is 0.641. The first kappa shape index (κ1) is 14.6. The van der Waals surface area contributed by atoms with E-state index in [0.717, 1.165) is 19.3 Å². The average Bonchev–Trinajstić information content (AvgIpc) is 2.69. The fourth-order valence-electron chi connectivity index (χ4n) is 2.49. The van der Waals surface area contributed by atoms with E-state index in [4.69, 9.17) is 0 Å². The SMILES string of the molecule is CCCCC(F)(F)C(C)CCC1CCC(=O)C1. The highest BCUT2D eigenvalue weighted by molar-refractivity contribution is 5.80. The summed E-state index contributed by atoms with van der Waals surface area (Å²) in [4.78, 5) is 11.1. The number of Topliss-reactive ketones (excluding diaryl/α,β-unsaturated/α-hetero) is 1. The summed E-state index contributed by atoms with van der Waals surface area (Å²) < 4.78 is 27.4. The smallest absolute Gasteiger partial charge is 0.250 e. The molecule has 1 nitrogen and oxygen atoms in total. The number of alkyl halides is 2. The van der Waals surface area contributed by atoms with Crippen LogP contribution in [0.2, 0.25) is 0 Å². The molecule has 0 heterocycles. The zero-order chi connectivity index (χ0) is 12.9. The van der Waals surface area contributed by atoms with Crippen molar-refractivity contribution in [3.05, 3.63) is 0 Å². The predicted octanol–water partition coefficient (Wildman–Crippen LogP) is 4.60. The zero-order valence-corrected chi connectivity index (χ0v) is 11.0. The third kappa shape index (κ3) is 4.72. The molecule has 0 saturated heterocycles. The molecule has 0 spiro atoms. The molecule has 17 heavy (non-hydrogen) atoms. The maximum absolute atomic E-state index is 13.7. The molecule has 100 valence electrons. The van der Waals surface area contributed by atoms with Crippen molar-refractivity contribution in [2.24, 2.45) is 11.8 Å². The van der Waals surface area contributed by atoms with Crippen LogP contribution in [0.25, 0.3) is 0 Å². The molecule has 1 rings (SSSR count). The number of unbranched alkanes of at least 4 members (excludes halogenated alkanes) is 1. The highest BCUT2D eigenvalue weighted by Crippen LogP contribution is 2.35. The minimum atomic E-state index is -2.53. The van der Waals surface area contributed by atoms with Crippen molar-refractivity contribution in [1.82, 2.24) is 0 Å². The average molecular weight is 246 g/mol. The summed E-state index contributed by atoms with van der Waals surface area (Å²) in [5, 5.41) is 0. The van der Waals surface area contributed by atoms with Crippen molar-refractivity contribution in [2.45, 2.75) is 71.1 Å². The Morgan fingerprint density at radius 3 is 2.71 bits per heavy atom. The molecule has 1 saturated carbocycles. The lowest BCUT2D eigenvalue weighted by molar-refractivity contribution is -0.117. The van der Waals surface area contributed by atoms with Crippen LogP contribution in [0.5, 0.6) is 0 Å². The third-order valence-corrected chi connectivity index (χ3v) is 3.94. The van der Waals surface area contributed by atoms with Crippen LogP contribution in [0.3, 0.4) is 0 Å². The summed E-state index contributed by atoms with van der Waals surface area (Å²) in [6, 6.07) is 0. The van der Waals surface area contributed by atoms with Gasteiger partial charge in [-0.05, 0) is 31.6 Å². The number of carbonyl (C=O) groups excluding carboxylic acids is 1. The van der Waals surface area contributed by atoms with Gasteiger partial charge in [-0.15, -0.1) is 0 Å². The van der Waals surface area contributed by atoms with Crippen LogP contribution in [-0.2, 0) is 4.79 Å². The van der Waals surface area contributed by atoms with Gasteiger partial charge >= 0.3 is 0 Å². The van der Waals surface area contributed by atoms with Crippen LogP contribution in [0, 0.1) is 11.8 Å². The van der Waals surface area contributed by atoms with Crippen molar-refractivity contribution in [1.29, 1.82) is 0 Å². The lowest BCUT2D eigenvalue weighted by Gasteiger charge is -2.24. The third-order valence-electron chi connectivity index (χ3n) is 3.94. The molecule has 1 aliphatic carbocycles. The highest BCUT2D eigenvalue weighted by Gasteiger charge is 2.35. The molecule has 2 atom stereocenters. The van der Waals surface area contributed by atoms with Gasteiger partial charge in [0.05, 0.1) is 0 Å². The van der Waals surface area contributed by atoms with Crippen LogP contribution >= 0.6 is 0 Å². The zero-order valence-electron chi connectivity index (χ0n) is 11.0. The number of ketones is 1. The van der Waals surface area contributed by atoms with E-state index < -0.39 is 11.8 Å². The fraction of sp³-hybridized carbons (Fsp3) is 0.929. The van der Waals surface area contributed by atoms with Gasteiger partial charge in [-0.3, -0.25) is 4.79 Å². The fourth-order valence-corrected chi connectivity index (χ4v) is 2.49. The first-order valence-electron chi connectivity index (χ1n) is 6.85. The predicted molar refractivity (Wildman–Crippen MR) is 65.2 cm³/mol. The van der Waals surface area contributed by atoms with E-state index in [9.17, 15) is 13.6 Å². The Hall–Kier alpha value is -0.470. The first-order chi connectivity index (χ1) is 7.95. The van der Waals surface area contributed by atoms with E-state index in [1.807, 2.05) is 6.92 Å². The Balaban J connectivity index is 2.27. The summed E-state index contributed by atoms with van der Waals surface area (Å²) in [7, 11) is 0. The monoisotopic (exact) mass is 246 g/mol. The van der Waals surface area contributed by atoms with Gasteiger partial charge in [0.2, 0.25) is 0 Å². The van der Waals surface area contributed by atoms with Gasteiger partial charge in [0.25, 0.3) is 5.92 Å². The Kier molecular flexibility index (Phi) is 5.54. The Morgan fingerprint density at radius 2 is 2.18 bits per heavy atom. The molecule has 3 heteroatoms. The lowest BCUT2D eigenvalue weighted by atomic mass is 9.90. The number of rotatable bonds is 7. The van der Waals surface area contributed by atoms with Crippen molar-refractivity contribution in [2.75, 3.05) is 0 Å². The van der Waals surface area contributed by atoms with E-state index in [1.165, 1.54) is 0 Å². The van der Waals surface area contributed by atoms with Gasteiger partial charge in [0.15, 0.2) is 0 Å². The second kappa shape index (κ2) is 6.46. The van der Waals surface area contributed by atoms with E-state index in [0.29, 0.717) is 37.4 Å². The van der Waals surface area contributed by atoms with Crippen molar-refractivity contribution >= 4 is 5.78 Å². The number of halogens is 2. The molecule has 1 aliphatic rings. The molecule has 0 radical (unpaired) electrons. The van der Waals surface area contributed by atoms with E-state index in [2.05, 4.69) is 0 Å². The summed E-state index contributed by atoms with van der Waals surface area (Å²) >= 11 is 0. The number of carbonyl (C=O) groups is 1. The van der Waals surface area contributed by atoms with Crippen LogP contribution in [-0.4, -0.2) is 11.7 Å². The van der Waals surface area contributed by atoms with E-state index in [-0.39, 0.29) is 6.42 Å². The molecule has 0 bridgehead atoms. The molecule has 2 unspecified atom stereocenters. The molecular formula is C14H24F2O. The van der Waals surface area contributed by atoms with Gasteiger partial charge in [-0.2, -0.15) is 0 Å². The second-order valence-electron chi connectivity index (χ2n) is 5.49.